The van der Waals surface area contributed by atoms with Crippen molar-refractivity contribution in [1.82, 2.24) is 15.1 Å². The number of hydrazine groups is 1. The van der Waals surface area contributed by atoms with Crippen molar-refractivity contribution in [2.75, 3.05) is 0 Å². The van der Waals surface area contributed by atoms with E-state index in [2.05, 4.69) is 9.82 Å². The van der Waals surface area contributed by atoms with Gasteiger partial charge in [-0.1, -0.05) is 12.5 Å². The fraction of sp³-hybridized carbons (Fsp3) is 0.444. The van der Waals surface area contributed by atoms with Crippen LogP contribution < -0.4 is 22.7 Å². The van der Waals surface area contributed by atoms with Gasteiger partial charge in [0.2, 0.25) is 0 Å². The van der Waals surface area contributed by atoms with Crippen molar-refractivity contribution in [3.8, 4) is 0 Å². The average molecular weight is 242 g/mol. The van der Waals surface area contributed by atoms with E-state index >= 15 is 0 Å². The number of nitrogens with two attached hydrogens (primary N) is 1. The van der Waals surface area contributed by atoms with E-state index in [9.17, 15) is 14.4 Å². The van der Waals surface area contributed by atoms with Crippen molar-refractivity contribution >= 4 is 5.97 Å². The van der Waals surface area contributed by atoms with Crippen LogP contribution in [0.15, 0.2) is 15.8 Å². The second kappa shape index (κ2) is 5.97. The lowest BCUT2D eigenvalue weighted by Gasteiger charge is -2.06. The molecule has 0 radical (unpaired) electrons. The molecular formula is C9H14N4O4. The highest BCUT2D eigenvalue weighted by molar-refractivity contribution is 5.68. The van der Waals surface area contributed by atoms with Gasteiger partial charge >= 0.3 is 11.7 Å². The minimum Gasteiger partial charge on any atom is -0.356 e. The fourth-order valence-corrected chi connectivity index (χ4v) is 1.30. The molecule has 0 aliphatic heterocycles. The molecule has 8 nitrogen and oxygen atoms in total. The molecule has 0 amide bonds. The summed E-state index contributed by atoms with van der Waals surface area (Å²) in [5.74, 6) is 4.19. The Morgan fingerprint density at radius 3 is 2.88 bits per heavy atom. The molecule has 0 unspecified atom stereocenters. The average Bonchev–Trinajstić information content (AvgIpc) is 2.28. The molecular weight excluding hydrogens is 228 g/mol. The van der Waals surface area contributed by atoms with Gasteiger partial charge in [-0.3, -0.25) is 19.1 Å². The van der Waals surface area contributed by atoms with Gasteiger partial charge in [0.15, 0.2) is 0 Å². The predicted octanol–water partition coefficient (Wildman–Crippen LogP) is -1.59. The Bertz CT molecular complexity index is 504. The minimum absolute atomic E-state index is 0.0285. The molecule has 0 atom stereocenters. The maximum absolute atomic E-state index is 11.4. The number of carbonyl (C=O) groups is 1. The summed E-state index contributed by atoms with van der Waals surface area (Å²) in [6.45, 7) is 1.91. The van der Waals surface area contributed by atoms with E-state index in [-0.39, 0.29) is 13.0 Å². The molecule has 17 heavy (non-hydrogen) atoms. The molecule has 8 heteroatoms. The van der Waals surface area contributed by atoms with Crippen molar-refractivity contribution in [3.05, 3.63) is 32.6 Å². The molecule has 0 fully saturated rings. The molecule has 1 aromatic rings. The van der Waals surface area contributed by atoms with Crippen LogP contribution >= 0.6 is 0 Å². The first kappa shape index (κ1) is 13.1. The Labute approximate surface area is 96.3 Å². The van der Waals surface area contributed by atoms with Gasteiger partial charge in [0.1, 0.15) is 0 Å². The van der Waals surface area contributed by atoms with Crippen LogP contribution in [0.2, 0.25) is 0 Å². The lowest BCUT2D eigenvalue weighted by Crippen LogP contribution is -2.33. The summed E-state index contributed by atoms with van der Waals surface area (Å²) in [6, 6.07) is 0. The Balaban J connectivity index is 2.81. The van der Waals surface area contributed by atoms with Crippen molar-refractivity contribution in [2.24, 2.45) is 5.84 Å². The van der Waals surface area contributed by atoms with Crippen molar-refractivity contribution < 1.29 is 9.63 Å². The lowest BCUT2D eigenvalue weighted by molar-refractivity contribution is -0.151. The van der Waals surface area contributed by atoms with Crippen LogP contribution in [0.3, 0.4) is 0 Å². The number of nitrogens with zero attached hydrogens (tertiary/aromatic N) is 1. The zero-order valence-corrected chi connectivity index (χ0v) is 9.36. The lowest BCUT2D eigenvalue weighted by atomic mass is 10.2. The van der Waals surface area contributed by atoms with Gasteiger partial charge < -0.3 is 4.84 Å². The zero-order valence-electron chi connectivity index (χ0n) is 9.36. The largest absolute Gasteiger partial charge is 0.356 e. The van der Waals surface area contributed by atoms with E-state index in [0.29, 0.717) is 12.0 Å². The molecule has 1 aromatic heterocycles. The van der Waals surface area contributed by atoms with E-state index in [0.717, 1.165) is 0 Å². The Kier molecular flexibility index (Phi) is 4.61. The second-order valence-corrected chi connectivity index (χ2v) is 3.30. The highest BCUT2D eigenvalue weighted by atomic mass is 16.7. The molecule has 4 N–H and O–H groups in total. The Morgan fingerprint density at radius 2 is 2.29 bits per heavy atom. The molecule has 0 saturated carbocycles. The third-order valence-corrected chi connectivity index (χ3v) is 2.20. The van der Waals surface area contributed by atoms with E-state index in [4.69, 9.17) is 5.84 Å². The predicted molar refractivity (Wildman–Crippen MR) is 58.7 cm³/mol. The summed E-state index contributed by atoms with van der Waals surface area (Å²) in [6.07, 6.45) is 1.91. The van der Waals surface area contributed by atoms with Crippen LogP contribution in [0.1, 0.15) is 18.9 Å². The zero-order chi connectivity index (χ0) is 12.8. The van der Waals surface area contributed by atoms with Gasteiger partial charge in [-0.05, 0) is 6.42 Å². The SMILES string of the molecule is CCc1cn(CCC(=O)ONN)c(=O)[nH]c1=O. The molecule has 0 aliphatic carbocycles. The molecule has 0 aliphatic rings. The number of aromatic amines is 1. The monoisotopic (exact) mass is 242 g/mol. The first-order valence-corrected chi connectivity index (χ1v) is 5.06. The number of rotatable bonds is 5. The molecule has 0 spiro atoms. The summed E-state index contributed by atoms with van der Waals surface area (Å²) >= 11 is 0. The van der Waals surface area contributed by atoms with Gasteiger partial charge in [0.25, 0.3) is 5.56 Å². The van der Waals surface area contributed by atoms with Gasteiger partial charge in [-0.25, -0.2) is 10.6 Å². The van der Waals surface area contributed by atoms with E-state index in [1.54, 1.807) is 12.5 Å². The normalized spacial score (nSPS) is 10.2. The van der Waals surface area contributed by atoms with Gasteiger partial charge in [-0.15, -0.1) is 0 Å². The summed E-state index contributed by atoms with van der Waals surface area (Å²) in [4.78, 5) is 40.1. The smallest absolute Gasteiger partial charge is 0.328 e. The minimum atomic E-state index is -0.594. The maximum Gasteiger partial charge on any atom is 0.328 e. The third kappa shape index (κ3) is 3.54. The van der Waals surface area contributed by atoms with Crippen molar-refractivity contribution in [1.29, 1.82) is 0 Å². The summed E-state index contributed by atoms with van der Waals surface area (Å²) in [7, 11) is 0. The highest BCUT2D eigenvalue weighted by Gasteiger charge is 2.06. The molecule has 0 bridgehead atoms. The van der Waals surface area contributed by atoms with Gasteiger partial charge in [0.05, 0.1) is 6.42 Å². The standard InChI is InChI=1S/C9H14N4O4/c1-2-6-5-13(9(16)11-8(6)15)4-3-7(14)17-12-10/h5,12H,2-4,10H2,1H3,(H,11,15,16). The second-order valence-electron chi connectivity index (χ2n) is 3.30. The number of aromatic nitrogens is 2. The third-order valence-electron chi connectivity index (χ3n) is 2.20. The Hall–Kier alpha value is -1.93. The van der Waals surface area contributed by atoms with Crippen molar-refractivity contribution in [3.63, 3.8) is 0 Å². The summed E-state index contributed by atoms with van der Waals surface area (Å²) in [5.41, 5.74) is 1.28. The van der Waals surface area contributed by atoms with Crippen LogP contribution in [-0.2, 0) is 22.6 Å². The molecule has 1 heterocycles. The number of nitrogens with one attached hydrogen (secondary N) is 2. The number of carbonyl (C=O) groups excluding carboxylic acids is 1. The van der Waals surface area contributed by atoms with Gasteiger partial charge in [-0.2, -0.15) is 0 Å². The van der Waals surface area contributed by atoms with Crippen LogP contribution in [-0.4, -0.2) is 15.5 Å². The molecule has 1 rings (SSSR count). The van der Waals surface area contributed by atoms with Crippen LogP contribution in [0.4, 0.5) is 0 Å². The first-order valence-electron chi connectivity index (χ1n) is 5.06. The molecule has 94 valence electrons. The summed E-state index contributed by atoms with van der Waals surface area (Å²) in [5, 5.41) is 0. The van der Waals surface area contributed by atoms with E-state index < -0.39 is 17.2 Å². The number of hydrogen-bond donors (Lipinski definition) is 3. The fourth-order valence-electron chi connectivity index (χ4n) is 1.30. The van der Waals surface area contributed by atoms with Crippen molar-refractivity contribution in [2.45, 2.75) is 26.3 Å². The maximum atomic E-state index is 11.4. The molecule has 0 saturated heterocycles. The topological polar surface area (TPSA) is 119 Å². The van der Waals surface area contributed by atoms with Gasteiger partial charge in [0, 0.05) is 18.3 Å². The summed E-state index contributed by atoms with van der Waals surface area (Å²) < 4.78 is 1.25. The number of hydrogen-bond acceptors (Lipinski definition) is 6. The number of aryl methyl sites for hydroxylation is 2. The molecule has 0 aromatic carbocycles. The first-order chi connectivity index (χ1) is 8.08. The Morgan fingerprint density at radius 1 is 1.59 bits per heavy atom. The van der Waals surface area contributed by atoms with Crippen LogP contribution in [0, 0.1) is 0 Å². The van der Waals surface area contributed by atoms with Crippen LogP contribution in [0.5, 0.6) is 0 Å². The number of H-pyrrole nitrogens is 1. The van der Waals surface area contributed by atoms with E-state index in [1.807, 2.05) is 0 Å². The van der Waals surface area contributed by atoms with Crippen LogP contribution in [0.25, 0.3) is 0 Å². The quantitative estimate of drug-likeness (QED) is 0.423. The highest BCUT2D eigenvalue weighted by Crippen LogP contribution is 1.92. The van der Waals surface area contributed by atoms with E-state index in [1.165, 1.54) is 10.8 Å².